The van der Waals surface area contributed by atoms with Gasteiger partial charge in [0.25, 0.3) is 0 Å². The summed E-state index contributed by atoms with van der Waals surface area (Å²) in [5, 5.41) is 24.5. The Balaban J connectivity index is 2.17. The Morgan fingerprint density at radius 2 is 1.79 bits per heavy atom. The van der Waals surface area contributed by atoms with E-state index in [1.807, 2.05) is 32.0 Å². The topological polar surface area (TPSA) is 71.0 Å². The van der Waals surface area contributed by atoms with Crippen LogP contribution < -0.4 is 5.32 Å². The van der Waals surface area contributed by atoms with E-state index in [4.69, 9.17) is 9.16 Å². The monoisotopic (exact) mass is 409 g/mol. The molecule has 1 heterocycles. The average molecular weight is 410 g/mol. The molecule has 1 saturated heterocycles. The first-order chi connectivity index (χ1) is 12.9. The van der Waals surface area contributed by atoms with Gasteiger partial charge >= 0.3 is 0 Å². The molecule has 0 aromatic heterocycles. The zero-order valence-electron chi connectivity index (χ0n) is 18.5. The standard InChI is InChI=1S/C22H39NO4Si/c1-21(2,3)28(6,7)26-15-18-19(23-13-16-11-9-8-10-12-16)20(25)17(14-24)22(4,5)27-18/h8-12,17-20,23-25H,13-15H2,1-7H3/t17-,18+,19-,20+/m0/s1. The molecule has 1 aliphatic rings. The average Bonchev–Trinajstić information content (AvgIpc) is 2.59. The van der Waals surface area contributed by atoms with Crippen LogP contribution in [0.3, 0.4) is 0 Å². The van der Waals surface area contributed by atoms with Gasteiger partial charge in [0, 0.05) is 12.5 Å². The third-order valence-electron chi connectivity index (χ3n) is 6.52. The summed E-state index contributed by atoms with van der Waals surface area (Å²) in [6.07, 6.45) is -1.00. The van der Waals surface area contributed by atoms with Crippen LogP contribution in [0.15, 0.2) is 30.3 Å². The van der Waals surface area contributed by atoms with Gasteiger partial charge in [0.1, 0.15) is 0 Å². The quantitative estimate of drug-likeness (QED) is 0.603. The lowest BCUT2D eigenvalue weighted by atomic mass is 9.78. The maximum atomic E-state index is 11.1. The van der Waals surface area contributed by atoms with Crippen molar-refractivity contribution in [2.75, 3.05) is 13.2 Å². The van der Waals surface area contributed by atoms with Crippen LogP contribution in [0.1, 0.15) is 40.2 Å². The summed E-state index contributed by atoms with van der Waals surface area (Å²) in [7, 11) is -1.94. The Labute approximate surface area is 171 Å². The van der Waals surface area contributed by atoms with Crippen molar-refractivity contribution < 1.29 is 19.4 Å². The van der Waals surface area contributed by atoms with Gasteiger partial charge in [0.15, 0.2) is 8.32 Å². The van der Waals surface area contributed by atoms with Gasteiger partial charge in [-0.15, -0.1) is 0 Å². The van der Waals surface area contributed by atoms with E-state index in [2.05, 4.69) is 51.3 Å². The van der Waals surface area contributed by atoms with Gasteiger partial charge in [-0.1, -0.05) is 51.1 Å². The van der Waals surface area contributed by atoms with E-state index in [9.17, 15) is 10.2 Å². The second-order valence-electron chi connectivity index (χ2n) is 10.0. The summed E-state index contributed by atoms with van der Waals surface area (Å²) in [4.78, 5) is 0. The van der Waals surface area contributed by atoms with Crippen molar-refractivity contribution in [3.05, 3.63) is 35.9 Å². The first-order valence-corrected chi connectivity index (χ1v) is 13.2. The normalized spacial score (nSPS) is 28.3. The van der Waals surface area contributed by atoms with Crippen LogP contribution in [0, 0.1) is 5.92 Å². The molecule has 1 aromatic rings. The van der Waals surface area contributed by atoms with Gasteiger partial charge in [-0.3, -0.25) is 0 Å². The van der Waals surface area contributed by atoms with Gasteiger partial charge in [0.2, 0.25) is 0 Å². The summed E-state index contributed by atoms with van der Waals surface area (Å²) in [5.74, 6) is -0.357. The van der Waals surface area contributed by atoms with Crippen LogP contribution in [0.4, 0.5) is 0 Å². The number of hydrogen-bond acceptors (Lipinski definition) is 5. The molecule has 160 valence electrons. The third-order valence-corrected chi connectivity index (χ3v) is 11.0. The van der Waals surface area contributed by atoms with E-state index in [0.29, 0.717) is 13.2 Å². The number of hydrogen-bond donors (Lipinski definition) is 3. The van der Waals surface area contributed by atoms with E-state index in [1.165, 1.54) is 0 Å². The number of benzene rings is 1. The van der Waals surface area contributed by atoms with Crippen LogP contribution in [-0.2, 0) is 15.7 Å². The fourth-order valence-corrected chi connectivity index (χ4v) is 4.50. The van der Waals surface area contributed by atoms with Crippen LogP contribution in [0.25, 0.3) is 0 Å². The summed E-state index contributed by atoms with van der Waals surface area (Å²) < 4.78 is 12.8. The molecule has 6 heteroatoms. The Morgan fingerprint density at radius 1 is 1.18 bits per heavy atom. The number of aliphatic hydroxyl groups excluding tert-OH is 2. The molecule has 2 rings (SSSR count). The van der Waals surface area contributed by atoms with Crippen molar-refractivity contribution in [3.8, 4) is 0 Å². The van der Waals surface area contributed by atoms with E-state index in [1.54, 1.807) is 0 Å². The smallest absolute Gasteiger partial charge is 0.192 e. The lowest BCUT2D eigenvalue weighted by Crippen LogP contribution is -2.65. The molecule has 0 radical (unpaired) electrons. The maximum absolute atomic E-state index is 11.1. The SMILES string of the molecule is CC1(C)O[C@H](CO[Si](C)(C)C(C)(C)C)[C@H](NCc2ccccc2)[C@H](O)[C@@H]1CO. The molecule has 0 spiro atoms. The second kappa shape index (κ2) is 8.94. The molecule has 3 N–H and O–H groups in total. The molecule has 0 unspecified atom stereocenters. The Hall–Kier alpha value is -0.763. The highest BCUT2D eigenvalue weighted by molar-refractivity contribution is 6.74. The summed E-state index contributed by atoms with van der Waals surface area (Å²) >= 11 is 0. The van der Waals surface area contributed by atoms with Crippen molar-refractivity contribution in [3.63, 3.8) is 0 Å². The summed E-state index contributed by atoms with van der Waals surface area (Å²) in [6, 6.07) is 9.79. The zero-order valence-corrected chi connectivity index (χ0v) is 19.5. The highest BCUT2D eigenvalue weighted by Gasteiger charge is 2.49. The van der Waals surface area contributed by atoms with E-state index < -0.39 is 20.0 Å². The zero-order chi connectivity index (χ0) is 21.2. The maximum Gasteiger partial charge on any atom is 0.192 e. The molecule has 4 atom stereocenters. The van der Waals surface area contributed by atoms with Gasteiger partial charge in [-0.25, -0.2) is 0 Å². The molecule has 0 amide bonds. The van der Waals surface area contributed by atoms with Crippen molar-refractivity contribution in [1.82, 2.24) is 5.32 Å². The fourth-order valence-electron chi connectivity index (χ4n) is 3.49. The summed E-state index contributed by atoms with van der Waals surface area (Å²) in [6.45, 7) is 15.9. The molecule has 5 nitrogen and oxygen atoms in total. The van der Waals surface area contributed by atoms with Crippen molar-refractivity contribution in [2.45, 2.75) is 83.1 Å². The van der Waals surface area contributed by atoms with Crippen LogP contribution in [0.2, 0.25) is 18.1 Å². The predicted molar refractivity (Wildman–Crippen MR) is 116 cm³/mol. The van der Waals surface area contributed by atoms with Crippen LogP contribution >= 0.6 is 0 Å². The lowest BCUT2D eigenvalue weighted by Gasteiger charge is -2.50. The number of aliphatic hydroxyl groups is 2. The molecule has 0 saturated carbocycles. The summed E-state index contributed by atoms with van der Waals surface area (Å²) in [5.41, 5.74) is 0.518. The van der Waals surface area contributed by atoms with Gasteiger partial charge in [0.05, 0.1) is 37.1 Å². The fraction of sp³-hybridized carbons (Fsp3) is 0.727. The minimum absolute atomic E-state index is 0.108. The van der Waals surface area contributed by atoms with Gasteiger partial charge in [-0.05, 0) is 37.5 Å². The Kier molecular flexibility index (Phi) is 7.51. The number of nitrogens with one attached hydrogen (secondary N) is 1. The first kappa shape index (κ1) is 23.5. The molecule has 0 aliphatic carbocycles. The number of ether oxygens (including phenoxy) is 1. The highest BCUT2D eigenvalue weighted by atomic mass is 28.4. The molecule has 1 aromatic carbocycles. The van der Waals surface area contributed by atoms with Crippen molar-refractivity contribution in [2.24, 2.45) is 5.92 Å². The largest absolute Gasteiger partial charge is 0.414 e. The minimum atomic E-state index is -1.94. The van der Waals surface area contributed by atoms with Crippen molar-refractivity contribution >= 4 is 8.32 Å². The highest BCUT2D eigenvalue weighted by Crippen LogP contribution is 2.39. The number of rotatable bonds is 7. The molecule has 0 bridgehead atoms. The molecule has 28 heavy (non-hydrogen) atoms. The molecular formula is C22H39NO4Si. The second-order valence-corrected chi connectivity index (χ2v) is 14.8. The third kappa shape index (κ3) is 5.43. The van der Waals surface area contributed by atoms with E-state index >= 15 is 0 Å². The predicted octanol–water partition coefficient (Wildman–Crippen LogP) is 3.31. The van der Waals surface area contributed by atoms with Crippen LogP contribution in [0.5, 0.6) is 0 Å². The Morgan fingerprint density at radius 3 is 2.32 bits per heavy atom. The lowest BCUT2D eigenvalue weighted by molar-refractivity contribution is -0.214. The van der Waals surface area contributed by atoms with Crippen molar-refractivity contribution in [1.29, 1.82) is 0 Å². The molecule has 1 fully saturated rings. The van der Waals surface area contributed by atoms with Gasteiger partial charge < -0.3 is 24.7 Å². The molecule has 1 aliphatic heterocycles. The Bertz CT molecular complexity index is 615. The van der Waals surface area contributed by atoms with Gasteiger partial charge in [-0.2, -0.15) is 0 Å². The minimum Gasteiger partial charge on any atom is -0.414 e. The van der Waals surface area contributed by atoms with E-state index in [-0.39, 0.29) is 29.7 Å². The first-order valence-electron chi connectivity index (χ1n) is 10.3. The van der Waals surface area contributed by atoms with E-state index in [0.717, 1.165) is 5.56 Å². The molecular weight excluding hydrogens is 370 g/mol. The van der Waals surface area contributed by atoms with Crippen LogP contribution in [-0.4, -0.2) is 55.6 Å².